The Bertz CT molecular complexity index is 717. The predicted octanol–water partition coefficient (Wildman–Crippen LogP) is -0.0328. The number of nitrogens with zero attached hydrogens (tertiary/aromatic N) is 1. The van der Waals surface area contributed by atoms with Gasteiger partial charge in [0.2, 0.25) is 5.91 Å². The predicted molar refractivity (Wildman–Crippen MR) is 67.6 cm³/mol. The number of halogens is 1. The van der Waals surface area contributed by atoms with Gasteiger partial charge in [0.05, 0.1) is 11.1 Å². The number of carbonyl (C=O) groups is 4. The molecule has 1 atom stereocenters. The van der Waals surface area contributed by atoms with E-state index in [4.69, 9.17) is 5.73 Å². The molecular weight excluding hydrogens is 281 g/mol. The van der Waals surface area contributed by atoms with E-state index in [1.807, 2.05) is 0 Å². The molecule has 2 heterocycles. The number of nitrogens with one attached hydrogen (secondary N) is 1. The molecule has 7 nitrogen and oxygen atoms in total. The number of carbonyl (C=O) groups excluding carboxylic acids is 4. The van der Waals surface area contributed by atoms with Gasteiger partial charge in [0, 0.05) is 18.5 Å². The van der Waals surface area contributed by atoms with Crippen LogP contribution in [0.25, 0.3) is 0 Å². The summed E-state index contributed by atoms with van der Waals surface area (Å²) in [6, 6.07) is 3.97. The third-order valence-corrected chi connectivity index (χ3v) is 3.55. The molecular formula is C13H10FN3O4. The first-order valence-electron chi connectivity index (χ1n) is 6.16. The second-order valence-electron chi connectivity index (χ2n) is 4.89. The van der Waals surface area contributed by atoms with E-state index in [0.717, 1.165) is 0 Å². The molecule has 1 unspecified atom stereocenters. The fourth-order valence-corrected chi connectivity index (χ4v) is 2.47. The first-order chi connectivity index (χ1) is 9.84. The van der Waals surface area contributed by atoms with Gasteiger partial charge in [-0.3, -0.25) is 24.5 Å². The van der Waals surface area contributed by atoms with Gasteiger partial charge in [0.25, 0.3) is 23.5 Å². The number of nitrogen functional groups attached to an aromatic ring is 1. The van der Waals surface area contributed by atoms with Gasteiger partial charge in [-0.15, -0.1) is 0 Å². The van der Waals surface area contributed by atoms with Crippen molar-refractivity contribution in [2.24, 2.45) is 0 Å². The van der Waals surface area contributed by atoms with Gasteiger partial charge < -0.3 is 5.73 Å². The van der Waals surface area contributed by atoms with Crippen molar-refractivity contribution in [3.05, 3.63) is 29.3 Å². The van der Waals surface area contributed by atoms with Gasteiger partial charge in [0.15, 0.2) is 0 Å². The van der Waals surface area contributed by atoms with Crippen molar-refractivity contribution in [3.63, 3.8) is 0 Å². The molecule has 0 saturated carbocycles. The lowest BCUT2D eigenvalue weighted by Gasteiger charge is -2.33. The van der Waals surface area contributed by atoms with Crippen molar-refractivity contribution >= 4 is 29.3 Å². The maximum Gasteiger partial charge on any atom is 0.285 e. The van der Waals surface area contributed by atoms with Crippen LogP contribution < -0.4 is 11.1 Å². The molecule has 0 aliphatic carbocycles. The topological polar surface area (TPSA) is 110 Å². The summed E-state index contributed by atoms with van der Waals surface area (Å²) in [5, 5.41) is 1.80. The lowest BCUT2D eigenvalue weighted by atomic mass is 10.0. The zero-order valence-electron chi connectivity index (χ0n) is 10.7. The van der Waals surface area contributed by atoms with Crippen LogP contribution in [-0.2, 0) is 9.59 Å². The second-order valence-corrected chi connectivity index (χ2v) is 4.89. The zero-order chi connectivity index (χ0) is 15.4. The molecule has 3 N–H and O–H groups in total. The van der Waals surface area contributed by atoms with Crippen molar-refractivity contribution in [2.75, 3.05) is 5.73 Å². The number of alkyl halides is 1. The number of fused-ring (bicyclic) bond motifs is 1. The lowest BCUT2D eigenvalue weighted by Crippen LogP contribution is -2.61. The number of hydrogen-bond donors (Lipinski definition) is 2. The van der Waals surface area contributed by atoms with Gasteiger partial charge >= 0.3 is 0 Å². The van der Waals surface area contributed by atoms with Crippen molar-refractivity contribution in [1.82, 2.24) is 10.2 Å². The summed E-state index contributed by atoms with van der Waals surface area (Å²) in [6.45, 7) is 0. The average molecular weight is 291 g/mol. The van der Waals surface area contributed by atoms with Crippen LogP contribution in [0.3, 0.4) is 0 Å². The monoisotopic (exact) mass is 291 g/mol. The van der Waals surface area contributed by atoms with Crippen LogP contribution in [0, 0.1) is 0 Å². The van der Waals surface area contributed by atoms with Gasteiger partial charge in [-0.2, -0.15) is 0 Å². The Morgan fingerprint density at radius 2 is 1.81 bits per heavy atom. The van der Waals surface area contributed by atoms with Gasteiger partial charge in [0.1, 0.15) is 0 Å². The molecule has 0 radical (unpaired) electrons. The first kappa shape index (κ1) is 13.2. The van der Waals surface area contributed by atoms with Crippen molar-refractivity contribution in [1.29, 1.82) is 0 Å². The van der Waals surface area contributed by atoms with E-state index in [1.54, 1.807) is 5.32 Å². The molecule has 1 aromatic rings. The van der Waals surface area contributed by atoms with Crippen LogP contribution in [0.15, 0.2) is 18.2 Å². The summed E-state index contributed by atoms with van der Waals surface area (Å²) in [4.78, 5) is 47.6. The van der Waals surface area contributed by atoms with Gasteiger partial charge in [-0.05, 0) is 18.2 Å². The van der Waals surface area contributed by atoms with E-state index >= 15 is 0 Å². The van der Waals surface area contributed by atoms with Gasteiger partial charge in [-0.1, -0.05) is 0 Å². The molecule has 0 bridgehead atoms. The second kappa shape index (κ2) is 4.11. The Hall–Kier alpha value is -2.77. The lowest BCUT2D eigenvalue weighted by molar-refractivity contribution is -0.151. The standard InChI is InChI=1S/C13H10FN3O4/c14-13(4-3-9(18)16-12(13)21)17-10(19)7-2-1-6(15)5-8(7)11(17)20/h1-2,5H,3-4,15H2,(H,16,18,21). The highest BCUT2D eigenvalue weighted by Gasteiger charge is 2.56. The summed E-state index contributed by atoms with van der Waals surface area (Å²) >= 11 is 0. The first-order valence-corrected chi connectivity index (χ1v) is 6.16. The molecule has 21 heavy (non-hydrogen) atoms. The SMILES string of the molecule is Nc1ccc2c(c1)C(=O)N(C1(F)CCC(=O)NC1=O)C2=O. The molecule has 2 aliphatic rings. The number of imide groups is 2. The van der Waals surface area contributed by atoms with E-state index < -0.39 is 35.8 Å². The molecule has 4 amide bonds. The van der Waals surface area contributed by atoms with Gasteiger partial charge in [-0.25, -0.2) is 9.29 Å². The highest BCUT2D eigenvalue weighted by atomic mass is 19.1. The molecule has 3 rings (SSSR count). The van der Waals surface area contributed by atoms with E-state index in [0.29, 0.717) is 0 Å². The minimum atomic E-state index is -2.87. The normalized spacial score (nSPS) is 25.1. The minimum absolute atomic E-state index is 0.0177. The van der Waals surface area contributed by atoms with Crippen LogP contribution in [0.1, 0.15) is 33.6 Å². The highest BCUT2D eigenvalue weighted by Crippen LogP contribution is 2.35. The Balaban J connectivity index is 2.05. The summed E-state index contributed by atoms with van der Waals surface area (Å²) < 4.78 is 14.9. The molecule has 1 fully saturated rings. The number of anilines is 1. The smallest absolute Gasteiger partial charge is 0.285 e. The molecule has 0 spiro atoms. The number of benzene rings is 1. The Morgan fingerprint density at radius 3 is 2.48 bits per heavy atom. The maximum absolute atomic E-state index is 14.9. The average Bonchev–Trinajstić information content (AvgIpc) is 2.67. The van der Waals surface area contributed by atoms with Crippen LogP contribution >= 0.6 is 0 Å². The number of piperidine rings is 1. The quantitative estimate of drug-likeness (QED) is 0.429. The molecule has 2 aliphatic heterocycles. The minimum Gasteiger partial charge on any atom is -0.399 e. The fraction of sp³-hybridized carbons (Fsp3) is 0.231. The van der Waals surface area contributed by atoms with E-state index in [2.05, 4.69) is 0 Å². The maximum atomic E-state index is 14.9. The van der Waals surface area contributed by atoms with Crippen LogP contribution in [0.5, 0.6) is 0 Å². The highest BCUT2D eigenvalue weighted by molar-refractivity contribution is 6.24. The molecule has 1 saturated heterocycles. The Kier molecular flexibility index (Phi) is 2.59. The molecule has 108 valence electrons. The molecule has 1 aromatic carbocycles. The van der Waals surface area contributed by atoms with Crippen molar-refractivity contribution < 1.29 is 23.6 Å². The van der Waals surface area contributed by atoms with Crippen LogP contribution in [0.4, 0.5) is 10.1 Å². The third-order valence-electron chi connectivity index (χ3n) is 3.55. The molecule has 0 aromatic heterocycles. The Morgan fingerprint density at radius 1 is 1.14 bits per heavy atom. The van der Waals surface area contributed by atoms with E-state index in [1.165, 1.54) is 18.2 Å². The number of rotatable bonds is 1. The summed E-state index contributed by atoms with van der Waals surface area (Å²) in [5.74, 6) is -6.66. The summed E-state index contributed by atoms with van der Waals surface area (Å²) in [5.41, 5.74) is 5.71. The van der Waals surface area contributed by atoms with Crippen molar-refractivity contribution in [3.8, 4) is 0 Å². The van der Waals surface area contributed by atoms with E-state index in [9.17, 15) is 23.6 Å². The van der Waals surface area contributed by atoms with Crippen LogP contribution in [-0.4, -0.2) is 34.3 Å². The molecule has 8 heteroatoms. The third kappa shape index (κ3) is 1.72. The van der Waals surface area contributed by atoms with Crippen LogP contribution in [0.2, 0.25) is 0 Å². The fourth-order valence-electron chi connectivity index (χ4n) is 2.47. The number of nitrogens with two attached hydrogens (primary N) is 1. The summed E-state index contributed by atoms with van der Waals surface area (Å²) in [6.07, 6.45) is -0.851. The summed E-state index contributed by atoms with van der Waals surface area (Å²) in [7, 11) is 0. The van der Waals surface area contributed by atoms with Crippen molar-refractivity contribution in [2.45, 2.75) is 18.6 Å². The zero-order valence-corrected chi connectivity index (χ0v) is 10.7. The Labute approximate surface area is 117 Å². The van der Waals surface area contributed by atoms with E-state index in [-0.39, 0.29) is 28.1 Å². The largest absolute Gasteiger partial charge is 0.399 e. The number of amides is 4. The number of hydrogen-bond acceptors (Lipinski definition) is 5.